The number of rotatable bonds is 17. The fraction of sp³-hybridized carbons (Fsp3) is 0.727. The van der Waals surface area contributed by atoms with Crippen LogP contribution in [0.1, 0.15) is 59.8 Å². The summed E-state index contributed by atoms with van der Waals surface area (Å²) in [5.41, 5.74) is 21.5. The summed E-state index contributed by atoms with van der Waals surface area (Å²) < 4.78 is 0. The van der Waals surface area contributed by atoms with Crippen LogP contribution in [0.3, 0.4) is 0 Å². The van der Waals surface area contributed by atoms with Gasteiger partial charge in [0.1, 0.15) is 18.1 Å². The maximum absolute atomic E-state index is 13.1. The van der Waals surface area contributed by atoms with E-state index < -0.39 is 59.7 Å². The third-order valence-corrected chi connectivity index (χ3v) is 5.19. The molecule has 4 amide bonds. The van der Waals surface area contributed by atoms with Crippen LogP contribution in [0.25, 0.3) is 0 Å². The van der Waals surface area contributed by atoms with Gasteiger partial charge in [-0.2, -0.15) is 0 Å². The van der Waals surface area contributed by atoms with Gasteiger partial charge in [-0.3, -0.25) is 24.2 Å². The van der Waals surface area contributed by atoms with Gasteiger partial charge < -0.3 is 44.0 Å². The third kappa shape index (κ3) is 13.5. The van der Waals surface area contributed by atoms with E-state index in [-0.39, 0.29) is 44.1 Å². The van der Waals surface area contributed by atoms with Gasteiger partial charge in [0.25, 0.3) is 0 Å². The summed E-state index contributed by atoms with van der Waals surface area (Å²) in [4.78, 5) is 64.9. The van der Waals surface area contributed by atoms with Crippen LogP contribution in [-0.4, -0.2) is 71.4 Å². The molecule has 14 heteroatoms. The number of carboxylic acids is 1. The first-order valence-electron chi connectivity index (χ1n) is 11.9. The van der Waals surface area contributed by atoms with E-state index in [1.165, 1.54) is 0 Å². The Morgan fingerprint density at radius 3 is 1.86 bits per heavy atom. The number of carboxylic acid groups (broad SMARTS) is 1. The zero-order chi connectivity index (χ0) is 28.0. The second-order valence-corrected chi connectivity index (χ2v) is 9.38. The van der Waals surface area contributed by atoms with Crippen molar-refractivity contribution in [3.8, 4) is 0 Å². The second-order valence-electron chi connectivity index (χ2n) is 9.38. The SMILES string of the molecule is CC(C)CC(NC(=O)C(N)CCC(N)=O)C(=O)NC(CCCN=C(N)N)C(=O)NC(C(=O)O)C(C)C. The predicted molar refractivity (Wildman–Crippen MR) is 134 cm³/mol. The summed E-state index contributed by atoms with van der Waals surface area (Å²) in [7, 11) is 0. The van der Waals surface area contributed by atoms with Crippen molar-refractivity contribution in [1.29, 1.82) is 0 Å². The zero-order valence-electron chi connectivity index (χ0n) is 21.5. The first-order valence-corrected chi connectivity index (χ1v) is 11.9. The van der Waals surface area contributed by atoms with Gasteiger partial charge in [0.2, 0.25) is 23.6 Å². The minimum absolute atomic E-state index is 0.00521. The Balaban J connectivity index is 5.60. The molecule has 0 aliphatic rings. The van der Waals surface area contributed by atoms with Gasteiger partial charge in [-0.1, -0.05) is 27.7 Å². The molecular weight excluding hydrogens is 472 g/mol. The molecule has 0 saturated heterocycles. The van der Waals surface area contributed by atoms with Gasteiger partial charge in [0.15, 0.2) is 5.96 Å². The highest BCUT2D eigenvalue weighted by molar-refractivity contribution is 5.94. The smallest absolute Gasteiger partial charge is 0.326 e. The van der Waals surface area contributed by atoms with Gasteiger partial charge in [-0.05, 0) is 37.5 Å². The summed E-state index contributed by atoms with van der Waals surface area (Å²) in [5, 5.41) is 17.0. The lowest BCUT2D eigenvalue weighted by Crippen LogP contribution is -2.57. The third-order valence-electron chi connectivity index (χ3n) is 5.19. The molecule has 0 aliphatic heterocycles. The molecule has 0 rings (SSSR count). The van der Waals surface area contributed by atoms with E-state index in [1.807, 2.05) is 13.8 Å². The Hall–Kier alpha value is -3.42. The van der Waals surface area contributed by atoms with Crippen molar-refractivity contribution in [2.75, 3.05) is 6.54 Å². The molecule has 4 atom stereocenters. The lowest BCUT2D eigenvalue weighted by molar-refractivity contribution is -0.143. The monoisotopic (exact) mass is 514 g/mol. The minimum atomic E-state index is -1.21. The molecule has 0 bridgehead atoms. The molecule has 0 heterocycles. The summed E-state index contributed by atoms with van der Waals surface area (Å²) in [6, 6.07) is -4.35. The predicted octanol–water partition coefficient (Wildman–Crippen LogP) is -2.13. The van der Waals surface area contributed by atoms with Gasteiger partial charge in [0.05, 0.1) is 6.04 Å². The maximum atomic E-state index is 13.1. The Labute approximate surface area is 211 Å². The average molecular weight is 515 g/mol. The van der Waals surface area contributed by atoms with Crippen LogP contribution >= 0.6 is 0 Å². The number of hydrogen-bond acceptors (Lipinski definition) is 7. The molecule has 0 aliphatic carbocycles. The Kier molecular flexibility index (Phi) is 14.7. The number of nitrogens with one attached hydrogen (secondary N) is 3. The van der Waals surface area contributed by atoms with Crippen LogP contribution in [0.4, 0.5) is 0 Å². The summed E-state index contributed by atoms with van der Waals surface area (Å²) >= 11 is 0. The molecule has 0 radical (unpaired) electrons. The Bertz CT molecular complexity index is 797. The van der Waals surface area contributed by atoms with E-state index >= 15 is 0 Å². The molecule has 0 saturated carbocycles. The first-order chi connectivity index (χ1) is 16.6. The molecule has 12 N–H and O–H groups in total. The lowest BCUT2D eigenvalue weighted by Gasteiger charge is -2.26. The van der Waals surface area contributed by atoms with Crippen LogP contribution < -0.4 is 38.9 Å². The fourth-order valence-electron chi connectivity index (χ4n) is 3.22. The van der Waals surface area contributed by atoms with Crippen molar-refractivity contribution in [3.63, 3.8) is 0 Å². The van der Waals surface area contributed by atoms with Crippen molar-refractivity contribution in [2.45, 2.75) is 84.0 Å². The van der Waals surface area contributed by atoms with Gasteiger partial charge in [0, 0.05) is 13.0 Å². The lowest BCUT2D eigenvalue weighted by atomic mass is 10.0. The van der Waals surface area contributed by atoms with Crippen LogP contribution in [0.15, 0.2) is 4.99 Å². The molecule has 0 fully saturated rings. The molecule has 4 unspecified atom stereocenters. The zero-order valence-corrected chi connectivity index (χ0v) is 21.5. The summed E-state index contributed by atoms with van der Waals surface area (Å²) in [6.45, 7) is 7.16. The van der Waals surface area contributed by atoms with Crippen LogP contribution in [0.2, 0.25) is 0 Å². The first kappa shape index (κ1) is 32.6. The van der Waals surface area contributed by atoms with Crippen molar-refractivity contribution >= 4 is 35.6 Å². The molecule has 14 nitrogen and oxygen atoms in total. The highest BCUT2D eigenvalue weighted by Gasteiger charge is 2.31. The maximum Gasteiger partial charge on any atom is 0.326 e. The summed E-state index contributed by atoms with van der Waals surface area (Å²) in [6.07, 6.45) is 0.591. The number of nitrogens with two attached hydrogens (primary N) is 4. The minimum Gasteiger partial charge on any atom is -0.480 e. The average Bonchev–Trinajstić information content (AvgIpc) is 2.75. The molecule has 0 aromatic rings. The van der Waals surface area contributed by atoms with Crippen molar-refractivity contribution in [3.05, 3.63) is 0 Å². The number of guanidine groups is 1. The van der Waals surface area contributed by atoms with E-state index in [0.717, 1.165) is 0 Å². The number of carbonyl (C=O) groups is 5. The highest BCUT2D eigenvalue weighted by Crippen LogP contribution is 2.09. The topological polar surface area (TPSA) is 258 Å². The highest BCUT2D eigenvalue weighted by atomic mass is 16.4. The van der Waals surface area contributed by atoms with E-state index in [9.17, 15) is 29.1 Å². The standard InChI is InChI=1S/C22H42N8O6/c1-11(2)10-15(29-18(32)13(23)7-8-16(24)31)20(34)28-14(6-5-9-27-22(25)26)19(33)30-17(12(3)4)21(35)36/h11-15,17H,5-10,23H2,1-4H3,(H2,24,31)(H,28,34)(H,29,32)(H,30,33)(H,35,36)(H4,25,26,27). The Morgan fingerprint density at radius 1 is 0.833 bits per heavy atom. The molecule has 0 spiro atoms. The number of hydrogen-bond donors (Lipinski definition) is 8. The number of nitrogens with zero attached hydrogens (tertiary/aromatic N) is 1. The molecular formula is C22H42N8O6. The Morgan fingerprint density at radius 2 is 1.39 bits per heavy atom. The fourth-order valence-corrected chi connectivity index (χ4v) is 3.22. The molecule has 206 valence electrons. The van der Waals surface area contributed by atoms with Gasteiger partial charge >= 0.3 is 5.97 Å². The number of aliphatic imine (C=N–C) groups is 1. The second kappa shape index (κ2) is 16.3. The molecule has 36 heavy (non-hydrogen) atoms. The number of aliphatic carboxylic acids is 1. The van der Waals surface area contributed by atoms with Crippen molar-refractivity contribution in [1.82, 2.24) is 16.0 Å². The summed E-state index contributed by atoms with van der Waals surface area (Å²) in [5.74, 6) is -4.33. The number of carbonyl (C=O) groups excluding carboxylic acids is 4. The van der Waals surface area contributed by atoms with Crippen molar-refractivity contribution in [2.24, 2.45) is 39.8 Å². The van der Waals surface area contributed by atoms with E-state index in [1.54, 1.807) is 13.8 Å². The van der Waals surface area contributed by atoms with Gasteiger partial charge in [-0.25, -0.2) is 4.79 Å². The molecule has 0 aromatic carbocycles. The van der Waals surface area contributed by atoms with Crippen LogP contribution in [-0.2, 0) is 24.0 Å². The largest absolute Gasteiger partial charge is 0.480 e. The normalized spacial score (nSPS) is 14.3. The van der Waals surface area contributed by atoms with Gasteiger partial charge in [-0.15, -0.1) is 0 Å². The van der Waals surface area contributed by atoms with Crippen molar-refractivity contribution < 1.29 is 29.1 Å². The van der Waals surface area contributed by atoms with Crippen LogP contribution in [0.5, 0.6) is 0 Å². The van der Waals surface area contributed by atoms with E-state index in [0.29, 0.717) is 6.42 Å². The number of primary amides is 1. The molecule has 0 aromatic heterocycles. The quantitative estimate of drug-likeness (QED) is 0.0598. The van der Waals surface area contributed by atoms with E-state index in [4.69, 9.17) is 22.9 Å². The van der Waals surface area contributed by atoms with Crippen LogP contribution in [0, 0.1) is 11.8 Å². The number of amides is 4. The van der Waals surface area contributed by atoms with E-state index in [2.05, 4.69) is 20.9 Å².